The molecule has 0 radical (unpaired) electrons. The van der Waals surface area contributed by atoms with Crippen molar-refractivity contribution in [1.82, 2.24) is 0 Å². The maximum atomic E-state index is 13.7. The van der Waals surface area contributed by atoms with Crippen LogP contribution in [0.5, 0.6) is 0 Å². The van der Waals surface area contributed by atoms with Gasteiger partial charge >= 0.3 is 0 Å². The molecule has 2 saturated carbocycles. The summed E-state index contributed by atoms with van der Waals surface area (Å²) in [6, 6.07) is 4.99. The quantitative estimate of drug-likeness (QED) is 0.361. The van der Waals surface area contributed by atoms with Crippen molar-refractivity contribution >= 4 is 33.0 Å². The third kappa shape index (κ3) is 5.54. The molecule has 3 unspecified atom stereocenters. The van der Waals surface area contributed by atoms with Gasteiger partial charge < -0.3 is 10.4 Å². The molecule has 0 heterocycles. The Bertz CT molecular complexity index is 1260. The van der Waals surface area contributed by atoms with Gasteiger partial charge in [0.1, 0.15) is 0 Å². The monoisotopic (exact) mass is 557 g/mol. The van der Waals surface area contributed by atoms with Gasteiger partial charge in [-0.2, -0.15) is 0 Å². The third-order valence-electron chi connectivity index (χ3n) is 7.91. The molecule has 2 bridgehead atoms. The van der Waals surface area contributed by atoms with E-state index >= 15 is 0 Å². The lowest BCUT2D eigenvalue weighted by Gasteiger charge is -2.43. The second kappa shape index (κ2) is 10.6. The van der Waals surface area contributed by atoms with Gasteiger partial charge in [0.15, 0.2) is 27.3 Å². The first-order chi connectivity index (χ1) is 17.3. The van der Waals surface area contributed by atoms with Crippen LogP contribution in [0.3, 0.4) is 0 Å². The maximum absolute atomic E-state index is 13.7. The summed E-state index contributed by atoms with van der Waals surface area (Å²) in [7, 11) is -3.94. The molecule has 0 saturated heterocycles. The summed E-state index contributed by atoms with van der Waals surface area (Å²) in [6.07, 6.45) is 4.74. The molecule has 37 heavy (non-hydrogen) atoms. The summed E-state index contributed by atoms with van der Waals surface area (Å²) in [5, 5.41) is 12.9. The number of hydrogen-bond donors (Lipinski definition) is 2. The van der Waals surface area contributed by atoms with Crippen molar-refractivity contribution < 1.29 is 31.5 Å². The second-order valence-corrected chi connectivity index (χ2v) is 13.3. The van der Waals surface area contributed by atoms with Gasteiger partial charge in [0.05, 0.1) is 20.8 Å². The van der Waals surface area contributed by atoms with Gasteiger partial charge in [-0.05, 0) is 68.1 Å². The minimum absolute atomic E-state index is 0.0412. The maximum Gasteiger partial charge on any atom is 0.255 e. The molecule has 2 aromatic carbocycles. The van der Waals surface area contributed by atoms with E-state index in [0.29, 0.717) is 37.3 Å². The second-order valence-electron chi connectivity index (χ2n) is 10.7. The van der Waals surface area contributed by atoms with E-state index in [4.69, 9.17) is 11.6 Å². The Morgan fingerprint density at radius 2 is 1.70 bits per heavy atom. The van der Waals surface area contributed by atoms with Crippen molar-refractivity contribution in [3.63, 3.8) is 0 Å². The van der Waals surface area contributed by atoms with Crippen LogP contribution in [0.2, 0.25) is 5.02 Å². The number of anilines is 1. The lowest BCUT2D eigenvalue weighted by molar-refractivity contribution is -0.0667. The molecule has 2 aromatic rings. The standard InChI is InChI=1S/C27H31ClF3NO4S/c1-15(2)4-3-9-27(34)17-6-7-18(27)12-20(11-17)37(35,36)24-10-16(5-8-21(24)28)26(33)32-19-13-22(29)25(31)23(30)14-19/h5,8,10,13-15,17-18,20,34H,3-4,6-7,9,11-12H2,1-2H3,(H,32,33)/t17-,18?,20?,27?/m0/s1. The molecule has 2 N–H and O–H groups in total. The summed E-state index contributed by atoms with van der Waals surface area (Å²) in [6.45, 7) is 4.27. The van der Waals surface area contributed by atoms with Crippen molar-refractivity contribution in [2.45, 2.75) is 74.5 Å². The molecule has 202 valence electrons. The average Bonchev–Trinajstić information content (AvgIpc) is 2.98. The molecule has 0 aliphatic heterocycles. The Morgan fingerprint density at radius 3 is 2.27 bits per heavy atom. The normalized spacial score (nSPS) is 25.5. The Hall–Kier alpha value is -2.10. The predicted molar refractivity (Wildman–Crippen MR) is 136 cm³/mol. The Labute approximate surface area is 220 Å². The van der Waals surface area contributed by atoms with E-state index in [1.54, 1.807) is 0 Å². The fourth-order valence-corrected chi connectivity index (χ4v) is 8.34. The molecule has 10 heteroatoms. The van der Waals surface area contributed by atoms with Gasteiger partial charge in [0.2, 0.25) is 0 Å². The van der Waals surface area contributed by atoms with E-state index in [0.717, 1.165) is 31.7 Å². The summed E-state index contributed by atoms with van der Waals surface area (Å²) in [5.41, 5.74) is -1.26. The number of benzene rings is 2. The SMILES string of the molecule is CC(C)CCCC1(O)C2CC[C@H]1CC(S(=O)(=O)c1cc(C(=O)Nc3cc(F)c(F)c(F)c3)ccc1Cl)C2. The van der Waals surface area contributed by atoms with Crippen LogP contribution >= 0.6 is 11.6 Å². The third-order valence-corrected chi connectivity index (χ3v) is 10.6. The van der Waals surface area contributed by atoms with Gasteiger partial charge in [-0.15, -0.1) is 0 Å². The van der Waals surface area contributed by atoms with E-state index in [1.165, 1.54) is 12.1 Å². The zero-order valence-corrected chi connectivity index (χ0v) is 22.3. The smallest absolute Gasteiger partial charge is 0.255 e. The van der Waals surface area contributed by atoms with Gasteiger partial charge in [-0.1, -0.05) is 38.3 Å². The number of carbonyl (C=O) groups is 1. The van der Waals surface area contributed by atoms with Crippen molar-refractivity contribution in [3.05, 3.63) is 58.4 Å². The summed E-state index contributed by atoms with van der Waals surface area (Å²) in [5.74, 6) is -5.13. The van der Waals surface area contributed by atoms with Crippen LogP contribution in [0.1, 0.15) is 69.2 Å². The first-order valence-corrected chi connectivity index (χ1v) is 14.5. The van der Waals surface area contributed by atoms with Crippen molar-refractivity contribution in [2.24, 2.45) is 17.8 Å². The minimum Gasteiger partial charge on any atom is -0.389 e. The van der Waals surface area contributed by atoms with Crippen LogP contribution in [0.25, 0.3) is 0 Å². The molecule has 4 rings (SSSR count). The van der Waals surface area contributed by atoms with Gasteiger partial charge in [-0.3, -0.25) is 4.79 Å². The Morgan fingerprint density at radius 1 is 1.11 bits per heavy atom. The molecular formula is C27H31ClF3NO4S. The van der Waals surface area contributed by atoms with E-state index < -0.39 is 44.0 Å². The molecular weight excluding hydrogens is 527 g/mol. The zero-order chi connectivity index (χ0) is 27.1. The number of hydrogen-bond acceptors (Lipinski definition) is 4. The fourth-order valence-electron chi connectivity index (χ4n) is 5.94. The van der Waals surface area contributed by atoms with Crippen LogP contribution in [-0.2, 0) is 9.84 Å². The number of fused-ring (bicyclic) bond motifs is 2. The van der Waals surface area contributed by atoms with Crippen LogP contribution < -0.4 is 5.32 Å². The number of carbonyl (C=O) groups excluding carboxylic acids is 1. The average molecular weight is 558 g/mol. The van der Waals surface area contributed by atoms with E-state index in [9.17, 15) is 31.5 Å². The predicted octanol–water partition coefficient (Wildman–Crippen LogP) is 6.53. The molecule has 4 atom stereocenters. The van der Waals surface area contributed by atoms with E-state index in [1.807, 2.05) is 0 Å². The number of sulfone groups is 1. The van der Waals surface area contributed by atoms with Crippen LogP contribution in [0.4, 0.5) is 18.9 Å². The van der Waals surface area contributed by atoms with Crippen LogP contribution in [0, 0.1) is 35.2 Å². The van der Waals surface area contributed by atoms with Gasteiger partial charge in [-0.25, -0.2) is 21.6 Å². The first kappa shape index (κ1) is 27.9. The Balaban J connectivity index is 1.53. The number of aliphatic hydroxyl groups is 1. The van der Waals surface area contributed by atoms with E-state index in [-0.39, 0.29) is 33.0 Å². The van der Waals surface area contributed by atoms with Crippen molar-refractivity contribution in [2.75, 3.05) is 5.32 Å². The van der Waals surface area contributed by atoms with Crippen molar-refractivity contribution in [1.29, 1.82) is 0 Å². The van der Waals surface area contributed by atoms with Gasteiger partial charge in [0.25, 0.3) is 5.91 Å². The molecule has 1 amide bonds. The highest BCUT2D eigenvalue weighted by molar-refractivity contribution is 7.92. The fraction of sp³-hybridized carbons (Fsp3) is 0.519. The zero-order valence-electron chi connectivity index (χ0n) is 20.7. The highest BCUT2D eigenvalue weighted by Crippen LogP contribution is 2.54. The first-order valence-electron chi connectivity index (χ1n) is 12.5. The highest BCUT2D eigenvalue weighted by atomic mass is 35.5. The van der Waals surface area contributed by atoms with E-state index in [2.05, 4.69) is 19.2 Å². The van der Waals surface area contributed by atoms with Gasteiger partial charge in [0, 0.05) is 23.4 Å². The number of rotatable bonds is 8. The molecule has 2 fully saturated rings. The highest BCUT2D eigenvalue weighted by Gasteiger charge is 2.55. The number of halogens is 4. The summed E-state index contributed by atoms with van der Waals surface area (Å²) < 4.78 is 67.6. The molecule has 0 spiro atoms. The largest absolute Gasteiger partial charge is 0.389 e. The molecule has 2 aliphatic carbocycles. The van der Waals surface area contributed by atoms with Crippen LogP contribution in [-0.4, -0.2) is 30.3 Å². The summed E-state index contributed by atoms with van der Waals surface area (Å²) >= 11 is 6.27. The molecule has 2 aliphatic rings. The Kier molecular flexibility index (Phi) is 7.98. The molecule has 0 aromatic heterocycles. The number of nitrogens with one attached hydrogen (secondary N) is 1. The van der Waals surface area contributed by atoms with Crippen LogP contribution in [0.15, 0.2) is 35.2 Å². The molecule has 5 nitrogen and oxygen atoms in total. The lowest BCUT2D eigenvalue weighted by atomic mass is 9.71. The number of amides is 1. The minimum atomic E-state index is -3.94. The van der Waals surface area contributed by atoms with Crippen molar-refractivity contribution in [3.8, 4) is 0 Å². The topological polar surface area (TPSA) is 83.5 Å². The lowest BCUT2D eigenvalue weighted by Crippen LogP contribution is -2.48. The summed E-state index contributed by atoms with van der Waals surface area (Å²) in [4.78, 5) is 12.5.